The molecule has 2 atom stereocenters. The van der Waals surface area contributed by atoms with Gasteiger partial charge in [-0.05, 0) is 32.1 Å². The highest BCUT2D eigenvalue weighted by Crippen LogP contribution is 2.35. The molecule has 2 fully saturated rings. The molecule has 2 saturated carbocycles. The van der Waals surface area contributed by atoms with E-state index in [9.17, 15) is 0 Å². The van der Waals surface area contributed by atoms with Crippen LogP contribution in [-0.4, -0.2) is 16.2 Å². The molecule has 94 valence electrons. The molecule has 0 bridgehead atoms. The van der Waals surface area contributed by atoms with E-state index in [1.807, 2.05) is 0 Å². The number of nitrogens with two attached hydrogens (primary N) is 1. The molecule has 2 aliphatic rings. The minimum absolute atomic E-state index is 0.315. The Kier molecular flexibility index (Phi) is 3.14. The molecular weight excluding hydrogens is 214 g/mol. The highest BCUT2D eigenvalue weighted by Gasteiger charge is 2.28. The fraction of sp³-hybridized carbons (Fsp3) is 0.846. The molecule has 1 aromatic rings. The molecule has 1 heterocycles. The third-order valence-electron chi connectivity index (χ3n) is 4.24. The van der Waals surface area contributed by atoms with Crippen molar-refractivity contribution in [2.75, 3.05) is 0 Å². The first-order chi connectivity index (χ1) is 8.33. The molecule has 0 amide bonds. The minimum atomic E-state index is 0.315. The molecular formula is C13H21N3O. The molecule has 0 aliphatic heterocycles. The Morgan fingerprint density at radius 3 is 2.53 bits per heavy atom. The smallest absolute Gasteiger partial charge is 0.229 e. The molecule has 4 nitrogen and oxygen atoms in total. The fourth-order valence-electron chi connectivity index (χ4n) is 3.21. The lowest BCUT2D eigenvalue weighted by atomic mass is 9.86. The van der Waals surface area contributed by atoms with Crippen molar-refractivity contribution in [3.8, 4) is 0 Å². The van der Waals surface area contributed by atoms with Crippen molar-refractivity contribution in [3.05, 3.63) is 11.7 Å². The monoisotopic (exact) mass is 235 g/mol. The van der Waals surface area contributed by atoms with E-state index in [4.69, 9.17) is 10.3 Å². The van der Waals surface area contributed by atoms with E-state index in [0.29, 0.717) is 17.9 Å². The van der Waals surface area contributed by atoms with Gasteiger partial charge in [-0.3, -0.25) is 0 Å². The first-order valence-electron chi connectivity index (χ1n) is 6.92. The van der Waals surface area contributed by atoms with Crippen LogP contribution < -0.4 is 5.73 Å². The van der Waals surface area contributed by atoms with Crippen molar-refractivity contribution in [1.82, 2.24) is 10.1 Å². The number of hydrogen-bond donors (Lipinski definition) is 1. The second-order valence-corrected chi connectivity index (χ2v) is 5.60. The molecule has 0 radical (unpaired) electrons. The van der Waals surface area contributed by atoms with E-state index in [0.717, 1.165) is 31.0 Å². The van der Waals surface area contributed by atoms with Crippen LogP contribution in [0.15, 0.2) is 4.52 Å². The van der Waals surface area contributed by atoms with E-state index < -0.39 is 0 Å². The third kappa shape index (κ3) is 2.37. The summed E-state index contributed by atoms with van der Waals surface area (Å²) in [6.07, 6.45) is 9.55. The zero-order chi connectivity index (χ0) is 11.7. The maximum absolute atomic E-state index is 6.00. The second kappa shape index (κ2) is 4.77. The molecule has 1 aromatic heterocycles. The zero-order valence-corrected chi connectivity index (χ0v) is 10.3. The topological polar surface area (TPSA) is 64.9 Å². The van der Waals surface area contributed by atoms with Gasteiger partial charge in [0.25, 0.3) is 0 Å². The van der Waals surface area contributed by atoms with Gasteiger partial charge in [-0.15, -0.1) is 0 Å². The van der Waals surface area contributed by atoms with Gasteiger partial charge in [0.05, 0.1) is 0 Å². The second-order valence-electron chi connectivity index (χ2n) is 5.60. The van der Waals surface area contributed by atoms with Crippen molar-refractivity contribution in [1.29, 1.82) is 0 Å². The van der Waals surface area contributed by atoms with Gasteiger partial charge in [0.15, 0.2) is 5.82 Å². The van der Waals surface area contributed by atoms with Crippen LogP contribution in [0.3, 0.4) is 0 Å². The van der Waals surface area contributed by atoms with Crippen molar-refractivity contribution >= 4 is 0 Å². The first kappa shape index (κ1) is 11.2. The lowest BCUT2D eigenvalue weighted by Gasteiger charge is -2.23. The number of rotatable bonds is 2. The molecule has 0 spiro atoms. The van der Waals surface area contributed by atoms with Crippen molar-refractivity contribution in [2.24, 2.45) is 5.73 Å². The largest absolute Gasteiger partial charge is 0.339 e. The van der Waals surface area contributed by atoms with E-state index in [2.05, 4.69) is 10.1 Å². The molecule has 3 rings (SSSR count). The lowest BCUT2D eigenvalue weighted by molar-refractivity contribution is 0.296. The Morgan fingerprint density at radius 1 is 1.00 bits per heavy atom. The van der Waals surface area contributed by atoms with Crippen LogP contribution in [0, 0.1) is 0 Å². The van der Waals surface area contributed by atoms with Crippen LogP contribution in [-0.2, 0) is 0 Å². The summed E-state index contributed by atoms with van der Waals surface area (Å²) in [6, 6.07) is 0.315. The maximum Gasteiger partial charge on any atom is 0.229 e. The van der Waals surface area contributed by atoms with Gasteiger partial charge in [-0.2, -0.15) is 4.98 Å². The van der Waals surface area contributed by atoms with E-state index in [1.165, 1.54) is 32.1 Å². The predicted octanol–water partition coefficient (Wildman–Crippen LogP) is 2.71. The third-order valence-corrected chi connectivity index (χ3v) is 4.24. The summed E-state index contributed by atoms with van der Waals surface area (Å²) in [5.41, 5.74) is 6.00. The van der Waals surface area contributed by atoms with Gasteiger partial charge in [0.1, 0.15) is 0 Å². The average molecular weight is 235 g/mol. The Bertz CT molecular complexity index is 370. The van der Waals surface area contributed by atoms with Crippen LogP contribution in [0.25, 0.3) is 0 Å². The van der Waals surface area contributed by atoms with Gasteiger partial charge < -0.3 is 10.3 Å². The Hall–Kier alpha value is -0.900. The molecule has 2 aliphatic carbocycles. The normalized spacial score (nSPS) is 30.9. The van der Waals surface area contributed by atoms with Gasteiger partial charge in [-0.1, -0.05) is 24.4 Å². The van der Waals surface area contributed by atoms with Crippen LogP contribution >= 0.6 is 0 Å². The average Bonchev–Trinajstić information content (AvgIpc) is 3.00. The number of hydrogen-bond acceptors (Lipinski definition) is 4. The van der Waals surface area contributed by atoms with Crippen molar-refractivity contribution < 1.29 is 4.52 Å². The van der Waals surface area contributed by atoms with Gasteiger partial charge in [0.2, 0.25) is 5.89 Å². The maximum atomic E-state index is 6.00. The van der Waals surface area contributed by atoms with Gasteiger partial charge >= 0.3 is 0 Å². The zero-order valence-electron chi connectivity index (χ0n) is 10.3. The van der Waals surface area contributed by atoms with E-state index in [1.54, 1.807) is 0 Å². The molecule has 4 heteroatoms. The number of nitrogens with zero attached hydrogens (tertiary/aromatic N) is 2. The molecule has 2 N–H and O–H groups in total. The summed E-state index contributed by atoms with van der Waals surface area (Å²) < 4.78 is 5.45. The van der Waals surface area contributed by atoms with E-state index in [-0.39, 0.29) is 0 Å². The predicted molar refractivity (Wildman–Crippen MR) is 64.7 cm³/mol. The number of aromatic nitrogens is 2. The molecule has 0 saturated heterocycles. The lowest BCUT2D eigenvalue weighted by Crippen LogP contribution is -2.26. The minimum Gasteiger partial charge on any atom is -0.339 e. The first-order valence-corrected chi connectivity index (χ1v) is 6.92. The highest BCUT2D eigenvalue weighted by molar-refractivity contribution is 5.02. The van der Waals surface area contributed by atoms with Crippen LogP contribution in [0.2, 0.25) is 0 Å². The van der Waals surface area contributed by atoms with Crippen LogP contribution in [0.1, 0.15) is 74.9 Å². The molecule has 2 unspecified atom stereocenters. The van der Waals surface area contributed by atoms with Gasteiger partial charge in [0, 0.05) is 17.9 Å². The van der Waals surface area contributed by atoms with Gasteiger partial charge in [-0.25, -0.2) is 0 Å². The Balaban J connectivity index is 1.70. The quantitative estimate of drug-likeness (QED) is 0.856. The summed E-state index contributed by atoms with van der Waals surface area (Å²) in [5.74, 6) is 2.73. The summed E-state index contributed by atoms with van der Waals surface area (Å²) in [6.45, 7) is 0. The van der Waals surface area contributed by atoms with E-state index >= 15 is 0 Å². The Morgan fingerprint density at radius 2 is 1.76 bits per heavy atom. The highest BCUT2D eigenvalue weighted by atomic mass is 16.5. The Labute approximate surface area is 102 Å². The summed E-state index contributed by atoms with van der Waals surface area (Å²) in [4.78, 5) is 4.62. The van der Waals surface area contributed by atoms with Crippen molar-refractivity contribution in [2.45, 2.75) is 69.2 Å². The SMILES string of the molecule is NC1CCCC(c2nc(C3CCCC3)no2)C1. The molecule has 0 aromatic carbocycles. The summed E-state index contributed by atoms with van der Waals surface area (Å²) in [7, 11) is 0. The molecule has 17 heavy (non-hydrogen) atoms. The summed E-state index contributed by atoms with van der Waals surface area (Å²) in [5, 5.41) is 4.17. The van der Waals surface area contributed by atoms with Crippen LogP contribution in [0.4, 0.5) is 0 Å². The standard InChI is InChI=1S/C13H21N3O/c14-11-7-3-6-10(8-11)13-15-12(16-17-13)9-4-1-2-5-9/h9-11H,1-8,14H2. The summed E-state index contributed by atoms with van der Waals surface area (Å²) >= 11 is 0. The van der Waals surface area contributed by atoms with Crippen LogP contribution in [0.5, 0.6) is 0 Å². The van der Waals surface area contributed by atoms with Crippen molar-refractivity contribution in [3.63, 3.8) is 0 Å². The fourth-order valence-corrected chi connectivity index (χ4v) is 3.21.